The summed E-state index contributed by atoms with van der Waals surface area (Å²) < 4.78 is 29.7. The van der Waals surface area contributed by atoms with E-state index in [1.165, 1.54) is 6.07 Å². The van der Waals surface area contributed by atoms with Gasteiger partial charge in [0.25, 0.3) is 0 Å². The van der Waals surface area contributed by atoms with E-state index in [0.29, 0.717) is 24.5 Å². The maximum atomic E-state index is 12.3. The zero-order valence-electron chi connectivity index (χ0n) is 9.61. The van der Waals surface area contributed by atoms with Crippen LogP contribution < -0.4 is 10.1 Å². The lowest BCUT2D eigenvalue weighted by molar-refractivity contribution is -0.0505. The predicted molar refractivity (Wildman–Crippen MR) is 65.5 cm³/mol. The number of alkyl halides is 2. The lowest BCUT2D eigenvalue weighted by Gasteiger charge is -2.11. The first kappa shape index (κ1) is 13.8. The lowest BCUT2D eigenvalue weighted by atomic mass is 10.2. The van der Waals surface area contributed by atoms with Crippen molar-refractivity contribution in [3.05, 3.63) is 34.1 Å². The molecule has 2 N–H and O–H groups in total. The van der Waals surface area contributed by atoms with Crippen LogP contribution in [-0.4, -0.2) is 27.2 Å². The number of nitrogens with one attached hydrogen (secondary N) is 2. The van der Waals surface area contributed by atoms with Gasteiger partial charge in [-0.15, -0.1) is 10.2 Å². The number of ether oxygens (including phenoxy) is 1. The van der Waals surface area contributed by atoms with E-state index in [2.05, 4.69) is 46.6 Å². The van der Waals surface area contributed by atoms with Gasteiger partial charge in [0.1, 0.15) is 5.75 Å². The predicted octanol–water partition coefficient (Wildman–Crippen LogP) is 1.85. The van der Waals surface area contributed by atoms with Gasteiger partial charge in [-0.2, -0.15) is 14.0 Å². The first-order valence-electron chi connectivity index (χ1n) is 5.31. The normalized spacial score (nSPS) is 10.9. The number of tetrazole rings is 1. The number of hydrogen-bond donors (Lipinski definition) is 2. The number of nitrogens with zero attached hydrogens (tertiary/aromatic N) is 3. The average Bonchev–Trinajstić information content (AvgIpc) is 2.85. The maximum Gasteiger partial charge on any atom is 0.387 e. The van der Waals surface area contributed by atoms with Gasteiger partial charge in [-0.05, 0) is 18.2 Å². The fraction of sp³-hybridized carbons (Fsp3) is 0.300. The molecule has 1 aromatic carbocycles. The zero-order chi connectivity index (χ0) is 13.7. The summed E-state index contributed by atoms with van der Waals surface area (Å²) in [6.07, 6.45) is 0. The van der Waals surface area contributed by atoms with Crippen LogP contribution in [0.5, 0.6) is 5.75 Å². The molecule has 2 rings (SSSR count). The molecule has 0 spiro atoms. The third-order valence-corrected chi connectivity index (χ3v) is 2.72. The van der Waals surface area contributed by atoms with Crippen molar-refractivity contribution in [1.29, 1.82) is 0 Å². The summed E-state index contributed by atoms with van der Waals surface area (Å²) >= 11 is 3.28. The molecule has 0 aliphatic rings. The number of benzene rings is 1. The molecule has 1 heterocycles. The molecule has 102 valence electrons. The highest BCUT2D eigenvalue weighted by atomic mass is 79.9. The monoisotopic (exact) mass is 333 g/mol. The quantitative estimate of drug-likeness (QED) is 0.843. The van der Waals surface area contributed by atoms with Gasteiger partial charge in [0.2, 0.25) is 0 Å². The third-order valence-electron chi connectivity index (χ3n) is 2.23. The zero-order valence-corrected chi connectivity index (χ0v) is 11.2. The molecule has 0 unspecified atom stereocenters. The molecular weight excluding hydrogens is 324 g/mol. The first-order valence-corrected chi connectivity index (χ1v) is 6.10. The van der Waals surface area contributed by atoms with E-state index >= 15 is 0 Å². The number of H-pyrrole nitrogens is 1. The van der Waals surface area contributed by atoms with Crippen molar-refractivity contribution in [1.82, 2.24) is 25.9 Å². The average molecular weight is 334 g/mol. The number of halogens is 3. The lowest BCUT2D eigenvalue weighted by Crippen LogP contribution is -2.15. The summed E-state index contributed by atoms with van der Waals surface area (Å²) in [5, 5.41) is 16.3. The number of aromatic amines is 1. The van der Waals surface area contributed by atoms with Gasteiger partial charge in [-0.3, -0.25) is 0 Å². The smallest absolute Gasteiger partial charge is 0.387 e. The van der Waals surface area contributed by atoms with Crippen LogP contribution in [0.1, 0.15) is 11.4 Å². The van der Waals surface area contributed by atoms with Crippen molar-refractivity contribution in [3.8, 4) is 5.75 Å². The molecule has 0 bridgehead atoms. The van der Waals surface area contributed by atoms with E-state index in [0.717, 1.165) is 4.47 Å². The number of aromatic nitrogens is 4. The Morgan fingerprint density at radius 1 is 1.37 bits per heavy atom. The van der Waals surface area contributed by atoms with E-state index in [-0.39, 0.29) is 5.75 Å². The molecule has 6 nitrogen and oxygen atoms in total. The summed E-state index contributed by atoms with van der Waals surface area (Å²) in [5.41, 5.74) is 0.609. The summed E-state index contributed by atoms with van der Waals surface area (Å²) in [4.78, 5) is 0. The summed E-state index contributed by atoms with van der Waals surface area (Å²) in [6.45, 7) is -2.13. The Morgan fingerprint density at radius 2 is 2.21 bits per heavy atom. The Morgan fingerprint density at radius 3 is 2.89 bits per heavy atom. The van der Waals surface area contributed by atoms with Gasteiger partial charge >= 0.3 is 6.61 Å². The van der Waals surface area contributed by atoms with Crippen LogP contribution in [-0.2, 0) is 13.1 Å². The number of hydrogen-bond acceptors (Lipinski definition) is 5. The molecular formula is C10H10BrF2N5O. The first-order chi connectivity index (χ1) is 9.15. The van der Waals surface area contributed by atoms with Gasteiger partial charge in [-0.25, -0.2) is 0 Å². The van der Waals surface area contributed by atoms with Gasteiger partial charge in [0.15, 0.2) is 5.82 Å². The van der Waals surface area contributed by atoms with Crippen LogP contribution >= 0.6 is 15.9 Å². The Hall–Kier alpha value is -1.61. The highest BCUT2D eigenvalue weighted by Gasteiger charge is 2.10. The van der Waals surface area contributed by atoms with Crippen molar-refractivity contribution in [3.63, 3.8) is 0 Å². The molecule has 0 aliphatic carbocycles. The Balaban J connectivity index is 1.99. The van der Waals surface area contributed by atoms with E-state index in [9.17, 15) is 8.78 Å². The van der Waals surface area contributed by atoms with E-state index in [4.69, 9.17) is 0 Å². The van der Waals surface area contributed by atoms with Gasteiger partial charge in [0, 0.05) is 16.6 Å². The largest absolute Gasteiger partial charge is 0.434 e. The summed E-state index contributed by atoms with van der Waals surface area (Å²) in [6, 6.07) is 4.84. The van der Waals surface area contributed by atoms with Crippen LogP contribution in [0.4, 0.5) is 8.78 Å². The third kappa shape index (κ3) is 4.21. The molecule has 0 amide bonds. The minimum atomic E-state index is -2.85. The molecule has 0 fully saturated rings. The summed E-state index contributed by atoms with van der Waals surface area (Å²) in [5.74, 6) is 0.630. The highest BCUT2D eigenvalue weighted by Crippen LogP contribution is 2.24. The van der Waals surface area contributed by atoms with Crippen molar-refractivity contribution in [2.24, 2.45) is 0 Å². The van der Waals surface area contributed by atoms with E-state index in [1.54, 1.807) is 12.1 Å². The molecule has 9 heteroatoms. The molecule has 0 aliphatic heterocycles. The van der Waals surface area contributed by atoms with Crippen LogP contribution in [0.3, 0.4) is 0 Å². The maximum absolute atomic E-state index is 12.3. The summed E-state index contributed by atoms with van der Waals surface area (Å²) in [7, 11) is 0. The molecule has 19 heavy (non-hydrogen) atoms. The Bertz CT molecular complexity index is 523. The Kier molecular flexibility index (Phi) is 4.74. The minimum absolute atomic E-state index is 0.138. The van der Waals surface area contributed by atoms with Gasteiger partial charge < -0.3 is 10.1 Å². The molecule has 0 atom stereocenters. The fourth-order valence-electron chi connectivity index (χ4n) is 1.46. The second-order valence-corrected chi connectivity index (χ2v) is 4.48. The molecule has 1 aromatic heterocycles. The fourth-order valence-corrected chi connectivity index (χ4v) is 1.87. The van der Waals surface area contributed by atoms with Crippen molar-refractivity contribution < 1.29 is 13.5 Å². The molecule has 0 saturated carbocycles. The standard InChI is InChI=1S/C10H10BrF2N5O/c11-7-1-2-8(19-10(12)13)6(3-7)4-14-5-9-15-17-18-16-9/h1-3,10,14H,4-5H2,(H,15,16,17,18). The minimum Gasteiger partial charge on any atom is -0.434 e. The van der Waals surface area contributed by atoms with Crippen molar-refractivity contribution >= 4 is 15.9 Å². The second-order valence-electron chi connectivity index (χ2n) is 3.56. The molecule has 2 aromatic rings. The van der Waals surface area contributed by atoms with Gasteiger partial charge in [0.05, 0.1) is 6.54 Å². The van der Waals surface area contributed by atoms with Crippen LogP contribution in [0.15, 0.2) is 22.7 Å². The van der Waals surface area contributed by atoms with Crippen LogP contribution in [0.25, 0.3) is 0 Å². The van der Waals surface area contributed by atoms with Gasteiger partial charge in [-0.1, -0.05) is 21.1 Å². The van der Waals surface area contributed by atoms with Crippen molar-refractivity contribution in [2.75, 3.05) is 0 Å². The van der Waals surface area contributed by atoms with Crippen LogP contribution in [0.2, 0.25) is 0 Å². The second kappa shape index (κ2) is 6.53. The SMILES string of the molecule is FC(F)Oc1ccc(Br)cc1CNCc1nn[nH]n1. The highest BCUT2D eigenvalue weighted by molar-refractivity contribution is 9.10. The molecule has 0 saturated heterocycles. The van der Waals surface area contributed by atoms with E-state index < -0.39 is 6.61 Å². The number of rotatable bonds is 6. The topological polar surface area (TPSA) is 75.7 Å². The van der Waals surface area contributed by atoms with Crippen LogP contribution in [0, 0.1) is 0 Å². The van der Waals surface area contributed by atoms with Crippen molar-refractivity contribution in [2.45, 2.75) is 19.7 Å². The van der Waals surface area contributed by atoms with E-state index in [1.807, 2.05) is 0 Å². The molecule has 0 radical (unpaired) electrons. The Labute approximate surface area is 115 Å².